The lowest BCUT2D eigenvalue weighted by molar-refractivity contribution is -0.122. The molecule has 1 amide bonds. The minimum Gasteiger partial charge on any atom is -0.350 e. The maximum absolute atomic E-state index is 13.1. The molecule has 3 aliphatic rings. The number of thiazole rings is 1. The van der Waals surface area contributed by atoms with Crippen molar-refractivity contribution in [1.29, 1.82) is 0 Å². The van der Waals surface area contributed by atoms with Crippen molar-refractivity contribution in [3.8, 4) is 0 Å². The number of anilines is 1. The van der Waals surface area contributed by atoms with E-state index in [-0.39, 0.29) is 11.9 Å². The van der Waals surface area contributed by atoms with Gasteiger partial charge in [0.25, 0.3) is 0 Å². The van der Waals surface area contributed by atoms with E-state index >= 15 is 0 Å². The van der Waals surface area contributed by atoms with Gasteiger partial charge in [0.2, 0.25) is 5.91 Å². The highest BCUT2D eigenvalue weighted by Crippen LogP contribution is 2.45. The van der Waals surface area contributed by atoms with Gasteiger partial charge in [-0.15, -0.1) is 0 Å². The van der Waals surface area contributed by atoms with Crippen LogP contribution >= 0.6 is 11.3 Å². The molecule has 34 heavy (non-hydrogen) atoms. The van der Waals surface area contributed by atoms with Gasteiger partial charge in [0.1, 0.15) is 11.9 Å². The quantitative estimate of drug-likeness (QED) is 0.550. The van der Waals surface area contributed by atoms with Crippen molar-refractivity contribution in [2.75, 3.05) is 24.5 Å². The van der Waals surface area contributed by atoms with Crippen molar-refractivity contribution >= 4 is 32.7 Å². The normalized spacial score (nSPS) is 21.3. The Bertz CT molecular complexity index is 1150. The third-order valence-corrected chi connectivity index (χ3v) is 8.31. The zero-order chi connectivity index (χ0) is 22.9. The molecule has 1 unspecified atom stereocenters. The average Bonchev–Trinajstić information content (AvgIpc) is 3.43. The number of aromatic nitrogens is 3. The van der Waals surface area contributed by atoms with E-state index in [1.807, 2.05) is 30.3 Å². The summed E-state index contributed by atoms with van der Waals surface area (Å²) in [5.74, 6) is 1.54. The second-order valence-electron chi connectivity index (χ2n) is 9.84. The van der Waals surface area contributed by atoms with Crippen LogP contribution in [0.1, 0.15) is 67.9 Å². The smallest absolute Gasteiger partial charge is 0.243 e. The maximum Gasteiger partial charge on any atom is 0.243 e. The van der Waals surface area contributed by atoms with Crippen LogP contribution in [0, 0.1) is 0 Å². The van der Waals surface area contributed by atoms with E-state index in [0.717, 1.165) is 65.9 Å². The predicted octanol–water partition coefficient (Wildman–Crippen LogP) is 4.23. The van der Waals surface area contributed by atoms with Crippen molar-refractivity contribution in [2.45, 2.75) is 70.0 Å². The van der Waals surface area contributed by atoms with Gasteiger partial charge in [-0.25, -0.2) is 9.97 Å². The average molecular weight is 477 g/mol. The molecule has 1 atom stereocenters. The van der Waals surface area contributed by atoms with Crippen molar-refractivity contribution in [2.24, 2.45) is 0 Å². The molecule has 0 spiro atoms. The molecule has 3 aromatic rings. The van der Waals surface area contributed by atoms with Gasteiger partial charge in [0.05, 0.1) is 16.9 Å². The summed E-state index contributed by atoms with van der Waals surface area (Å²) in [5.41, 5.74) is 3.12. The first-order valence-electron chi connectivity index (χ1n) is 12.7. The number of carbonyl (C=O) groups excluding carboxylic acids is 1. The zero-order valence-electron chi connectivity index (χ0n) is 19.6. The first-order valence-corrected chi connectivity index (χ1v) is 13.5. The van der Waals surface area contributed by atoms with Crippen LogP contribution in [0.2, 0.25) is 0 Å². The van der Waals surface area contributed by atoms with E-state index in [1.165, 1.54) is 37.8 Å². The molecule has 2 aliphatic heterocycles. The molecular weight excluding hydrogens is 444 g/mol. The Balaban J connectivity index is 1.23. The summed E-state index contributed by atoms with van der Waals surface area (Å²) in [7, 11) is 0. The number of rotatable bonds is 7. The van der Waals surface area contributed by atoms with Crippen molar-refractivity contribution in [3.05, 3.63) is 47.4 Å². The monoisotopic (exact) mass is 476 g/mol. The van der Waals surface area contributed by atoms with Crippen molar-refractivity contribution in [1.82, 2.24) is 25.2 Å². The first-order chi connectivity index (χ1) is 16.7. The molecule has 6 rings (SSSR count). The second kappa shape index (κ2) is 9.58. The lowest BCUT2D eigenvalue weighted by Crippen LogP contribution is -2.43. The van der Waals surface area contributed by atoms with Crippen LogP contribution in [0.4, 0.5) is 5.13 Å². The highest BCUT2D eigenvalue weighted by atomic mass is 32.1. The number of hydrogen-bond donors (Lipinski definition) is 1. The van der Waals surface area contributed by atoms with Gasteiger partial charge in [-0.2, -0.15) is 4.98 Å². The Morgan fingerprint density at radius 3 is 2.59 bits per heavy atom. The summed E-state index contributed by atoms with van der Waals surface area (Å²) >= 11 is 1.68. The first kappa shape index (κ1) is 21.9. The van der Waals surface area contributed by atoms with Crippen LogP contribution in [-0.4, -0.2) is 51.4 Å². The van der Waals surface area contributed by atoms with Crippen molar-refractivity contribution < 1.29 is 4.79 Å². The Hall–Kier alpha value is -2.58. The number of piperidine rings is 1. The highest BCUT2D eigenvalue weighted by Gasteiger charge is 2.35. The minimum atomic E-state index is -0.172. The molecule has 7 nitrogen and oxygen atoms in total. The highest BCUT2D eigenvalue weighted by molar-refractivity contribution is 7.22. The summed E-state index contributed by atoms with van der Waals surface area (Å²) in [6.45, 7) is 4.50. The van der Waals surface area contributed by atoms with E-state index < -0.39 is 0 Å². The lowest BCUT2D eigenvalue weighted by atomic mass is 10.1. The maximum atomic E-state index is 13.1. The molecule has 0 radical (unpaired) electrons. The van der Waals surface area contributed by atoms with Crippen LogP contribution in [0.15, 0.2) is 30.3 Å². The molecule has 2 saturated heterocycles. The molecule has 1 aliphatic carbocycles. The van der Waals surface area contributed by atoms with Gasteiger partial charge in [-0.05, 0) is 57.2 Å². The number of nitrogens with one attached hydrogen (secondary N) is 1. The van der Waals surface area contributed by atoms with E-state index in [4.69, 9.17) is 15.0 Å². The topological polar surface area (TPSA) is 74.2 Å². The third kappa shape index (κ3) is 4.66. The van der Waals surface area contributed by atoms with E-state index in [9.17, 15) is 4.79 Å². The number of hydrogen-bond acceptors (Lipinski definition) is 7. The number of nitrogens with zero attached hydrogens (tertiary/aromatic N) is 5. The minimum absolute atomic E-state index is 0.0832. The molecule has 3 fully saturated rings. The molecule has 0 bridgehead atoms. The van der Waals surface area contributed by atoms with E-state index in [1.54, 1.807) is 11.3 Å². The van der Waals surface area contributed by atoms with Gasteiger partial charge < -0.3 is 10.2 Å². The van der Waals surface area contributed by atoms with Gasteiger partial charge in [0.15, 0.2) is 10.8 Å². The molecular formula is C26H32N6OS. The van der Waals surface area contributed by atoms with E-state index in [2.05, 4.69) is 15.1 Å². The SMILES string of the molecule is O=C(NCc1ccccc1)C1CCCN1c1nc2nc(CN3CCCCC3)nc(C3CC3)c2s1. The fraction of sp³-hybridized carbons (Fsp3) is 0.538. The van der Waals surface area contributed by atoms with Gasteiger partial charge >= 0.3 is 0 Å². The zero-order valence-corrected chi connectivity index (χ0v) is 20.4. The van der Waals surface area contributed by atoms with Gasteiger partial charge in [0, 0.05) is 19.0 Å². The summed E-state index contributed by atoms with van der Waals surface area (Å²) < 4.78 is 1.12. The molecule has 1 saturated carbocycles. The largest absolute Gasteiger partial charge is 0.350 e. The number of benzene rings is 1. The molecule has 8 heteroatoms. The van der Waals surface area contributed by atoms with Crippen LogP contribution in [0.5, 0.6) is 0 Å². The Labute approximate surface area is 204 Å². The predicted molar refractivity (Wildman–Crippen MR) is 135 cm³/mol. The van der Waals surface area contributed by atoms with E-state index in [0.29, 0.717) is 12.5 Å². The number of fused-ring (bicyclic) bond motifs is 1. The standard InChI is InChI=1S/C26H32N6OS/c33-25(27-16-18-8-3-1-4-9-18)20-10-7-15-32(20)26-30-24-23(34-26)22(19-11-12-19)28-21(29-24)17-31-13-5-2-6-14-31/h1,3-4,8-9,19-20H,2,5-7,10-17H2,(H,27,33). The van der Waals surface area contributed by atoms with Crippen LogP contribution in [-0.2, 0) is 17.9 Å². The number of amides is 1. The van der Waals surface area contributed by atoms with Crippen molar-refractivity contribution in [3.63, 3.8) is 0 Å². The Kier molecular flexibility index (Phi) is 6.18. The Morgan fingerprint density at radius 2 is 1.79 bits per heavy atom. The van der Waals surface area contributed by atoms with Crippen LogP contribution < -0.4 is 10.2 Å². The van der Waals surface area contributed by atoms with Gasteiger partial charge in [-0.1, -0.05) is 48.1 Å². The molecule has 4 heterocycles. The van der Waals surface area contributed by atoms with Crippen LogP contribution in [0.25, 0.3) is 10.3 Å². The summed E-state index contributed by atoms with van der Waals surface area (Å²) in [4.78, 5) is 32.6. The number of likely N-dealkylation sites (tertiary alicyclic amines) is 1. The third-order valence-electron chi connectivity index (χ3n) is 7.20. The van der Waals surface area contributed by atoms with Gasteiger partial charge in [-0.3, -0.25) is 9.69 Å². The molecule has 178 valence electrons. The van der Waals surface area contributed by atoms with Crippen LogP contribution in [0.3, 0.4) is 0 Å². The molecule has 1 N–H and O–H groups in total. The fourth-order valence-corrected chi connectivity index (χ4v) is 6.35. The lowest BCUT2D eigenvalue weighted by Gasteiger charge is -2.25. The second-order valence-corrected chi connectivity index (χ2v) is 10.8. The summed E-state index contributed by atoms with van der Waals surface area (Å²) in [6.07, 6.45) is 8.13. The Morgan fingerprint density at radius 1 is 0.971 bits per heavy atom. The summed E-state index contributed by atoms with van der Waals surface area (Å²) in [5, 5.41) is 4.05. The fourth-order valence-electron chi connectivity index (χ4n) is 5.20. The number of carbonyl (C=O) groups is 1. The molecule has 1 aromatic carbocycles. The summed E-state index contributed by atoms with van der Waals surface area (Å²) in [6, 6.07) is 9.91. The molecule has 2 aromatic heterocycles.